The van der Waals surface area contributed by atoms with E-state index < -0.39 is 17.9 Å². The van der Waals surface area contributed by atoms with Crippen LogP contribution in [0.2, 0.25) is 0 Å². The van der Waals surface area contributed by atoms with Gasteiger partial charge in [-0.15, -0.1) is 0 Å². The molecule has 1 rings (SSSR count). The minimum absolute atomic E-state index is 0.373. The zero-order chi connectivity index (χ0) is 14.4. The molecule has 0 aliphatic heterocycles. The highest BCUT2D eigenvalue weighted by molar-refractivity contribution is 9.10. The largest absolute Gasteiger partial charge is 0.480 e. The number of carbonyl (C=O) groups is 2. The van der Waals surface area contributed by atoms with Crippen molar-refractivity contribution in [1.82, 2.24) is 0 Å². The van der Waals surface area contributed by atoms with E-state index in [0.29, 0.717) is 22.1 Å². The normalized spacial score (nSPS) is 11.9. The number of primary amides is 1. The summed E-state index contributed by atoms with van der Waals surface area (Å²) in [6.45, 7) is 2.01. The van der Waals surface area contributed by atoms with Crippen LogP contribution in [0.15, 0.2) is 22.7 Å². The van der Waals surface area contributed by atoms with Crippen LogP contribution in [-0.4, -0.2) is 23.0 Å². The van der Waals surface area contributed by atoms with Gasteiger partial charge in [-0.25, -0.2) is 4.79 Å². The summed E-state index contributed by atoms with van der Waals surface area (Å²) in [7, 11) is 0. The molecule has 1 aromatic rings. The second-order valence-electron chi connectivity index (χ2n) is 4.24. The molecule has 0 spiro atoms. The number of halogens is 1. The van der Waals surface area contributed by atoms with Crippen LogP contribution >= 0.6 is 15.9 Å². The number of aliphatic carboxylic acids is 1. The predicted molar refractivity (Wildman–Crippen MR) is 77.2 cm³/mol. The van der Waals surface area contributed by atoms with Gasteiger partial charge in [-0.2, -0.15) is 0 Å². The number of nitrogens with two attached hydrogens (primary N) is 1. The van der Waals surface area contributed by atoms with Crippen molar-refractivity contribution in [3.05, 3.63) is 28.2 Å². The quantitative estimate of drug-likeness (QED) is 0.717. The summed E-state index contributed by atoms with van der Waals surface area (Å²) in [6.07, 6.45) is 2.32. The fourth-order valence-corrected chi connectivity index (χ4v) is 2.13. The maximum atomic E-state index is 11.1. The number of anilines is 1. The van der Waals surface area contributed by atoms with Crippen LogP contribution in [0.4, 0.5) is 5.69 Å². The highest BCUT2D eigenvalue weighted by Crippen LogP contribution is 2.25. The van der Waals surface area contributed by atoms with Crippen LogP contribution in [0.1, 0.15) is 36.5 Å². The number of carboxylic acids is 1. The summed E-state index contributed by atoms with van der Waals surface area (Å²) >= 11 is 3.30. The highest BCUT2D eigenvalue weighted by atomic mass is 79.9. The first-order valence-electron chi connectivity index (χ1n) is 6.04. The van der Waals surface area contributed by atoms with Gasteiger partial charge in [-0.3, -0.25) is 4.79 Å². The lowest BCUT2D eigenvalue weighted by atomic mass is 10.1. The van der Waals surface area contributed by atoms with E-state index >= 15 is 0 Å². The third-order valence-corrected chi connectivity index (χ3v) is 3.38. The van der Waals surface area contributed by atoms with E-state index in [-0.39, 0.29) is 0 Å². The van der Waals surface area contributed by atoms with Crippen molar-refractivity contribution in [3.63, 3.8) is 0 Å². The summed E-state index contributed by atoms with van der Waals surface area (Å²) in [4.78, 5) is 22.2. The van der Waals surface area contributed by atoms with Crippen molar-refractivity contribution in [2.24, 2.45) is 5.73 Å². The second kappa shape index (κ2) is 7.13. The Morgan fingerprint density at radius 2 is 2.16 bits per heavy atom. The minimum atomic E-state index is -0.890. The predicted octanol–water partition coefficient (Wildman–Crippen LogP) is 2.60. The second-order valence-corrected chi connectivity index (χ2v) is 5.09. The number of carbonyl (C=O) groups excluding carboxylic acids is 1. The van der Waals surface area contributed by atoms with Crippen molar-refractivity contribution in [2.45, 2.75) is 32.2 Å². The summed E-state index contributed by atoms with van der Waals surface area (Å²) in [5, 5.41) is 12.1. The molecule has 5 nitrogen and oxygen atoms in total. The number of nitrogens with one attached hydrogen (secondary N) is 1. The van der Waals surface area contributed by atoms with E-state index in [1.54, 1.807) is 18.2 Å². The van der Waals surface area contributed by atoms with E-state index in [4.69, 9.17) is 10.8 Å². The van der Waals surface area contributed by atoms with Gasteiger partial charge in [0.25, 0.3) is 0 Å². The zero-order valence-corrected chi connectivity index (χ0v) is 12.2. The third-order valence-electron chi connectivity index (χ3n) is 2.73. The molecule has 6 heteroatoms. The van der Waals surface area contributed by atoms with E-state index in [9.17, 15) is 9.59 Å². The van der Waals surface area contributed by atoms with E-state index in [1.807, 2.05) is 6.92 Å². The Morgan fingerprint density at radius 3 is 2.63 bits per heavy atom. The number of unbranched alkanes of at least 4 members (excludes halogenated alkanes) is 1. The van der Waals surface area contributed by atoms with E-state index in [2.05, 4.69) is 21.2 Å². The molecule has 1 amide bonds. The molecule has 0 aliphatic rings. The smallest absolute Gasteiger partial charge is 0.326 e. The van der Waals surface area contributed by atoms with Crippen molar-refractivity contribution < 1.29 is 14.7 Å². The molecule has 0 radical (unpaired) electrons. The molecule has 104 valence electrons. The molecular weight excluding hydrogens is 312 g/mol. The van der Waals surface area contributed by atoms with Crippen LogP contribution in [0.25, 0.3) is 0 Å². The number of benzene rings is 1. The first-order valence-corrected chi connectivity index (χ1v) is 6.83. The van der Waals surface area contributed by atoms with Gasteiger partial charge in [0.05, 0.1) is 0 Å². The molecule has 19 heavy (non-hydrogen) atoms. The van der Waals surface area contributed by atoms with Crippen LogP contribution in [0.3, 0.4) is 0 Å². The molecule has 4 N–H and O–H groups in total. The lowest BCUT2D eigenvalue weighted by molar-refractivity contribution is -0.138. The molecule has 0 fully saturated rings. The van der Waals surface area contributed by atoms with E-state index in [0.717, 1.165) is 12.8 Å². The lowest BCUT2D eigenvalue weighted by Crippen LogP contribution is -2.29. The van der Waals surface area contributed by atoms with Gasteiger partial charge in [-0.1, -0.05) is 19.8 Å². The van der Waals surface area contributed by atoms with Crippen molar-refractivity contribution in [1.29, 1.82) is 0 Å². The molecule has 0 bridgehead atoms. The van der Waals surface area contributed by atoms with E-state index in [1.165, 1.54) is 0 Å². The number of amides is 1. The van der Waals surface area contributed by atoms with Gasteiger partial charge in [0.2, 0.25) is 5.91 Å². The molecule has 0 heterocycles. The Balaban J connectivity index is 2.84. The Bertz CT molecular complexity index is 477. The molecule has 1 atom stereocenters. The Morgan fingerprint density at radius 1 is 1.47 bits per heavy atom. The van der Waals surface area contributed by atoms with Gasteiger partial charge in [0.15, 0.2) is 0 Å². The number of hydrogen-bond donors (Lipinski definition) is 3. The Kier molecular flexibility index (Phi) is 5.82. The number of hydrogen-bond acceptors (Lipinski definition) is 3. The number of rotatable bonds is 7. The molecule has 0 aliphatic carbocycles. The SMILES string of the molecule is CCCCC(Nc1ccc(C(N)=O)cc1Br)C(=O)O. The fourth-order valence-electron chi connectivity index (χ4n) is 1.64. The monoisotopic (exact) mass is 328 g/mol. The van der Waals surface area contributed by atoms with Crippen molar-refractivity contribution in [2.75, 3.05) is 5.32 Å². The van der Waals surface area contributed by atoms with Gasteiger partial charge in [-0.05, 0) is 40.5 Å². The topological polar surface area (TPSA) is 92.4 Å². The maximum absolute atomic E-state index is 11.1. The van der Waals surface area contributed by atoms with Crippen LogP contribution in [-0.2, 0) is 4.79 Å². The van der Waals surface area contributed by atoms with Crippen LogP contribution in [0.5, 0.6) is 0 Å². The molecule has 1 unspecified atom stereocenters. The third kappa shape index (κ3) is 4.55. The summed E-state index contributed by atoms with van der Waals surface area (Å²) < 4.78 is 0.617. The van der Waals surface area contributed by atoms with Gasteiger partial charge >= 0.3 is 5.97 Å². The molecular formula is C13H17BrN2O3. The van der Waals surface area contributed by atoms with Crippen LogP contribution < -0.4 is 11.1 Å². The minimum Gasteiger partial charge on any atom is -0.480 e. The summed E-state index contributed by atoms with van der Waals surface area (Å²) in [5.74, 6) is -1.41. The molecule has 0 saturated heterocycles. The van der Waals surface area contributed by atoms with Gasteiger partial charge in [0, 0.05) is 15.7 Å². The Labute approximate surface area is 120 Å². The zero-order valence-electron chi connectivity index (χ0n) is 10.6. The molecule has 0 saturated carbocycles. The van der Waals surface area contributed by atoms with Crippen molar-refractivity contribution in [3.8, 4) is 0 Å². The molecule has 0 aromatic heterocycles. The van der Waals surface area contributed by atoms with Gasteiger partial charge in [0.1, 0.15) is 6.04 Å². The standard InChI is InChI=1S/C13H17BrN2O3/c1-2-3-4-11(13(18)19)16-10-6-5-8(12(15)17)7-9(10)14/h5-7,11,16H,2-4H2,1H3,(H2,15,17)(H,18,19). The lowest BCUT2D eigenvalue weighted by Gasteiger charge is -2.16. The number of carboxylic acid groups (broad SMARTS) is 1. The maximum Gasteiger partial charge on any atom is 0.326 e. The average molecular weight is 329 g/mol. The Hall–Kier alpha value is -1.56. The fraction of sp³-hybridized carbons (Fsp3) is 0.385. The average Bonchev–Trinajstić information content (AvgIpc) is 2.35. The van der Waals surface area contributed by atoms with Gasteiger partial charge < -0.3 is 16.2 Å². The summed E-state index contributed by atoms with van der Waals surface area (Å²) in [5.41, 5.74) is 6.18. The summed E-state index contributed by atoms with van der Waals surface area (Å²) in [6, 6.07) is 4.14. The van der Waals surface area contributed by atoms with Crippen LogP contribution in [0, 0.1) is 0 Å². The highest BCUT2D eigenvalue weighted by Gasteiger charge is 2.17. The van der Waals surface area contributed by atoms with Crippen molar-refractivity contribution >= 4 is 33.5 Å². The first kappa shape index (κ1) is 15.5. The first-order chi connectivity index (χ1) is 8.95. The molecule has 1 aromatic carbocycles.